The molecule has 0 aliphatic rings. The molecule has 2 rings (SSSR count). The highest BCUT2D eigenvalue weighted by atomic mass is 35.5. The normalized spacial score (nSPS) is 10.4. The van der Waals surface area contributed by atoms with Crippen LogP contribution in [-0.2, 0) is 13.0 Å². The van der Waals surface area contributed by atoms with E-state index in [2.05, 4.69) is 28.7 Å². The summed E-state index contributed by atoms with van der Waals surface area (Å²) in [5.41, 5.74) is 2.42. The topological polar surface area (TPSA) is 24.9 Å². The summed E-state index contributed by atoms with van der Waals surface area (Å²) in [5, 5.41) is 6.00. The Bertz CT molecular complexity index is 468. The van der Waals surface area contributed by atoms with Gasteiger partial charge in [-0.3, -0.25) is 0 Å². The molecular formula is C12H13ClN2S. The second-order valence-electron chi connectivity index (χ2n) is 3.44. The largest absolute Gasteiger partial charge is 0.380 e. The van der Waals surface area contributed by atoms with E-state index in [-0.39, 0.29) is 0 Å². The molecular weight excluding hydrogens is 240 g/mol. The number of hydrogen-bond acceptors (Lipinski definition) is 3. The van der Waals surface area contributed by atoms with Gasteiger partial charge in [0.1, 0.15) is 5.15 Å². The first-order chi connectivity index (χ1) is 7.79. The van der Waals surface area contributed by atoms with E-state index in [4.69, 9.17) is 11.6 Å². The van der Waals surface area contributed by atoms with Crippen molar-refractivity contribution in [2.45, 2.75) is 19.9 Å². The Morgan fingerprint density at radius 1 is 1.44 bits per heavy atom. The van der Waals surface area contributed by atoms with Crippen molar-refractivity contribution < 1.29 is 0 Å². The molecule has 4 heteroatoms. The molecule has 1 N–H and O–H groups in total. The third-order valence-corrected chi connectivity index (χ3v) is 3.57. The number of halogens is 1. The fourth-order valence-electron chi connectivity index (χ4n) is 1.53. The van der Waals surface area contributed by atoms with Gasteiger partial charge < -0.3 is 5.32 Å². The van der Waals surface area contributed by atoms with Crippen LogP contribution in [0.5, 0.6) is 0 Å². The lowest BCUT2D eigenvalue weighted by Gasteiger charge is -2.06. The highest BCUT2D eigenvalue weighted by Gasteiger charge is 2.02. The summed E-state index contributed by atoms with van der Waals surface area (Å²) in [6.45, 7) is 3.02. The van der Waals surface area contributed by atoms with Crippen molar-refractivity contribution in [2.24, 2.45) is 0 Å². The number of rotatable bonds is 4. The molecule has 0 aliphatic heterocycles. The highest BCUT2D eigenvalue weighted by molar-refractivity contribution is 7.10. The molecule has 0 spiro atoms. The summed E-state index contributed by atoms with van der Waals surface area (Å²) in [7, 11) is 0. The van der Waals surface area contributed by atoms with E-state index in [1.54, 1.807) is 17.5 Å². The Labute approximate surface area is 104 Å². The number of anilines is 1. The monoisotopic (exact) mass is 252 g/mol. The molecule has 2 aromatic rings. The van der Waals surface area contributed by atoms with Gasteiger partial charge in [0.05, 0.1) is 0 Å². The van der Waals surface area contributed by atoms with E-state index in [9.17, 15) is 0 Å². The van der Waals surface area contributed by atoms with Crippen LogP contribution in [-0.4, -0.2) is 4.98 Å². The van der Waals surface area contributed by atoms with Crippen LogP contribution in [0.4, 0.5) is 5.69 Å². The Morgan fingerprint density at radius 3 is 3.06 bits per heavy atom. The molecule has 0 saturated carbocycles. The number of aromatic nitrogens is 1. The summed E-state index contributed by atoms with van der Waals surface area (Å²) >= 11 is 7.60. The molecule has 2 heterocycles. The van der Waals surface area contributed by atoms with Crippen molar-refractivity contribution >= 4 is 28.6 Å². The van der Waals surface area contributed by atoms with Crippen molar-refractivity contribution in [3.8, 4) is 0 Å². The average Bonchev–Trinajstić information content (AvgIpc) is 2.74. The zero-order chi connectivity index (χ0) is 11.4. The van der Waals surface area contributed by atoms with Gasteiger partial charge in [0, 0.05) is 23.3 Å². The molecule has 0 amide bonds. The molecule has 0 radical (unpaired) electrons. The lowest BCUT2D eigenvalue weighted by molar-refractivity contribution is 1.08. The van der Waals surface area contributed by atoms with Gasteiger partial charge in [0.25, 0.3) is 0 Å². The van der Waals surface area contributed by atoms with Gasteiger partial charge in [-0.05, 0) is 35.6 Å². The summed E-state index contributed by atoms with van der Waals surface area (Å²) in [6.07, 6.45) is 2.79. The molecule has 2 nitrogen and oxygen atoms in total. The maximum atomic E-state index is 5.82. The molecule has 0 fully saturated rings. The number of nitrogens with one attached hydrogen (secondary N) is 1. The summed E-state index contributed by atoms with van der Waals surface area (Å²) in [4.78, 5) is 5.33. The Balaban J connectivity index is 2.02. The van der Waals surface area contributed by atoms with Gasteiger partial charge in [-0.15, -0.1) is 11.3 Å². The molecule has 0 aromatic carbocycles. The van der Waals surface area contributed by atoms with Crippen molar-refractivity contribution in [3.63, 3.8) is 0 Å². The van der Waals surface area contributed by atoms with Crippen LogP contribution in [0.2, 0.25) is 5.15 Å². The smallest absolute Gasteiger partial charge is 0.131 e. The molecule has 84 valence electrons. The predicted octanol–water partition coefficient (Wildman–Crippen LogP) is 3.97. The van der Waals surface area contributed by atoms with Crippen LogP contribution >= 0.6 is 22.9 Å². The van der Waals surface area contributed by atoms with Crippen molar-refractivity contribution in [2.75, 3.05) is 5.32 Å². The molecule has 0 atom stereocenters. The lowest BCUT2D eigenvalue weighted by atomic mass is 10.2. The van der Waals surface area contributed by atoms with Gasteiger partial charge in [0.2, 0.25) is 0 Å². The Morgan fingerprint density at radius 2 is 2.31 bits per heavy atom. The molecule has 0 unspecified atom stereocenters. The van der Waals surface area contributed by atoms with Crippen LogP contribution in [0, 0.1) is 0 Å². The van der Waals surface area contributed by atoms with E-state index >= 15 is 0 Å². The van der Waals surface area contributed by atoms with Gasteiger partial charge in [0.15, 0.2) is 0 Å². The third-order valence-electron chi connectivity index (χ3n) is 2.40. The minimum atomic E-state index is 0.520. The average molecular weight is 253 g/mol. The number of aryl methyl sites for hydroxylation is 1. The predicted molar refractivity (Wildman–Crippen MR) is 70.3 cm³/mol. The van der Waals surface area contributed by atoms with Crippen LogP contribution in [0.25, 0.3) is 0 Å². The van der Waals surface area contributed by atoms with Crippen molar-refractivity contribution in [1.82, 2.24) is 4.98 Å². The minimum absolute atomic E-state index is 0.520. The number of thiophene rings is 1. The van der Waals surface area contributed by atoms with Crippen LogP contribution < -0.4 is 5.32 Å². The van der Waals surface area contributed by atoms with Gasteiger partial charge in [-0.2, -0.15) is 0 Å². The van der Waals surface area contributed by atoms with E-state index in [0.717, 1.165) is 18.7 Å². The second kappa shape index (κ2) is 5.32. The van der Waals surface area contributed by atoms with Crippen molar-refractivity contribution in [1.29, 1.82) is 0 Å². The Kier molecular flexibility index (Phi) is 3.80. The van der Waals surface area contributed by atoms with E-state index in [1.165, 1.54) is 10.4 Å². The zero-order valence-corrected chi connectivity index (χ0v) is 10.6. The molecule has 0 bridgehead atoms. The zero-order valence-electron chi connectivity index (χ0n) is 9.03. The van der Waals surface area contributed by atoms with Gasteiger partial charge >= 0.3 is 0 Å². The molecule has 0 saturated heterocycles. The maximum absolute atomic E-state index is 5.82. The lowest BCUT2D eigenvalue weighted by Crippen LogP contribution is -1.99. The van der Waals surface area contributed by atoms with Gasteiger partial charge in [-0.1, -0.05) is 18.5 Å². The number of nitrogens with zero attached hydrogens (tertiary/aromatic N) is 1. The number of hydrogen-bond donors (Lipinski definition) is 1. The van der Waals surface area contributed by atoms with Crippen molar-refractivity contribution in [3.05, 3.63) is 45.4 Å². The van der Waals surface area contributed by atoms with E-state index < -0.39 is 0 Å². The SMILES string of the molecule is CCc1ccsc1CNc1ccnc(Cl)c1. The standard InChI is InChI=1S/C12H13ClN2S/c1-2-9-4-6-16-11(9)8-15-10-3-5-14-12(13)7-10/h3-7H,2,8H2,1H3,(H,14,15). The molecule has 2 aromatic heterocycles. The summed E-state index contributed by atoms with van der Waals surface area (Å²) in [6, 6.07) is 5.94. The highest BCUT2D eigenvalue weighted by Crippen LogP contribution is 2.19. The fourth-order valence-corrected chi connectivity index (χ4v) is 2.62. The second-order valence-corrected chi connectivity index (χ2v) is 4.83. The third kappa shape index (κ3) is 2.74. The van der Waals surface area contributed by atoms with Crippen LogP contribution in [0.3, 0.4) is 0 Å². The molecule has 0 aliphatic carbocycles. The quantitative estimate of drug-likeness (QED) is 0.833. The summed E-state index contributed by atoms with van der Waals surface area (Å²) < 4.78 is 0. The fraction of sp³-hybridized carbons (Fsp3) is 0.250. The van der Waals surface area contributed by atoms with Gasteiger partial charge in [-0.25, -0.2) is 4.98 Å². The van der Waals surface area contributed by atoms with E-state index in [1.807, 2.05) is 12.1 Å². The van der Waals surface area contributed by atoms with Crippen LogP contribution in [0.1, 0.15) is 17.4 Å². The molecule has 16 heavy (non-hydrogen) atoms. The first-order valence-corrected chi connectivity index (χ1v) is 6.46. The summed E-state index contributed by atoms with van der Waals surface area (Å²) in [5.74, 6) is 0. The maximum Gasteiger partial charge on any atom is 0.131 e. The Hall–Kier alpha value is -1.06. The first-order valence-electron chi connectivity index (χ1n) is 5.20. The van der Waals surface area contributed by atoms with Crippen LogP contribution in [0.15, 0.2) is 29.8 Å². The minimum Gasteiger partial charge on any atom is -0.380 e. The number of pyridine rings is 1. The van der Waals surface area contributed by atoms with E-state index in [0.29, 0.717) is 5.15 Å². The first kappa shape index (κ1) is 11.4.